The molecule has 2 aromatic carbocycles. The number of rotatable bonds is 6. The predicted octanol–water partition coefficient (Wildman–Crippen LogP) is 4.58. The normalized spacial score (nSPS) is 10.9. The zero-order valence-electron chi connectivity index (χ0n) is 15.1. The molecule has 2 heterocycles. The molecule has 28 heavy (non-hydrogen) atoms. The Labute approximate surface area is 165 Å². The van der Waals surface area contributed by atoms with Crippen LogP contribution in [0.25, 0.3) is 10.9 Å². The summed E-state index contributed by atoms with van der Waals surface area (Å²) < 4.78 is 2.07. The molecule has 1 N–H and O–H groups in total. The van der Waals surface area contributed by atoms with Gasteiger partial charge in [-0.3, -0.25) is 10.1 Å². The number of hydrogen-bond acceptors (Lipinski definition) is 6. The number of nitro benzene ring substituents is 1. The lowest BCUT2D eigenvalue weighted by atomic mass is 10.2. The van der Waals surface area contributed by atoms with Gasteiger partial charge in [0.1, 0.15) is 5.82 Å². The maximum atomic E-state index is 11.4. The fourth-order valence-electron chi connectivity index (χ4n) is 3.00. The Bertz CT molecular complexity index is 1140. The van der Waals surface area contributed by atoms with Gasteiger partial charge in [-0.05, 0) is 30.3 Å². The lowest BCUT2D eigenvalue weighted by Crippen LogP contribution is -2.02. The van der Waals surface area contributed by atoms with E-state index in [1.54, 1.807) is 30.6 Å². The average Bonchev–Trinajstić information content (AvgIpc) is 3.05. The molecule has 0 aliphatic heterocycles. The van der Waals surface area contributed by atoms with Crippen LogP contribution < -0.4 is 5.32 Å². The summed E-state index contributed by atoms with van der Waals surface area (Å²) in [5, 5.41) is 15.5. The molecular formula is C20H17N5O2S. The molecule has 0 saturated carbocycles. The van der Waals surface area contributed by atoms with E-state index in [1.807, 2.05) is 31.4 Å². The second-order valence-corrected chi connectivity index (χ2v) is 7.18. The van der Waals surface area contributed by atoms with Crippen molar-refractivity contribution in [2.75, 3.05) is 12.4 Å². The van der Waals surface area contributed by atoms with Gasteiger partial charge in [0.15, 0.2) is 0 Å². The van der Waals surface area contributed by atoms with Gasteiger partial charge in [-0.15, -0.1) is 0 Å². The Balaban J connectivity index is 1.80. The fraction of sp³-hybridized carbons (Fsp3) is 0.100. The number of hydrogen-bond donors (Lipinski definition) is 1. The summed E-state index contributed by atoms with van der Waals surface area (Å²) in [7, 11) is 1.87. The van der Waals surface area contributed by atoms with E-state index in [-0.39, 0.29) is 10.6 Å². The summed E-state index contributed by atoms with van der Waals surface area (Å²) >= 11 is 1.39. The molecule has 0 aliphatic carbocycles. The topological polar surface area (TPSA) is 85.9 Å². The van der Waals surface area contributed by atoms with Crippen molar-refractivity contribution in [1.82, 2.24) is 14.5 Å². The van der Waals surface area contributed by atoms with Crippen molar-refractivity contribution >= 4 is 34.0 Å². The second-order valence-electron chi connectivity index (χ2n) is 6.10. The van der Waals surface area contributed by atoms with Gasteiger partial charge in [0.2, 0.25) is 0 Å². The van der Waals surface area contributed by atoms with E-state index in [0.29, 0.717) is 17.3 Å². The first-order valence-corrected chi connectivity index (χ1v) is 9.45. The number of aromatic nitrogens is 3. The highest BCUT2D eigenvalue weighted by Crippen LogP contribution is 2.39. The van der Waals surface area contributed by atoms with Crippen LogP contribution in [0.1, 0.15) is 5.82 Å². The quantitative estimate of drug-likeness (QED) is 0.382. The van der Waals surface area contributed by atoms with Crippen LogP contribution in [0.5, 0.6) is 0 Å². The van der Waals surface area contributed by atoms with Gasteiger partial charge in [0.25, 0.3) is 5.69 Å². The van der Waals surface area contributed by atoms with Crippen molar-refractivity contribution < 1.29 is 4.92 Å². The molecule has 0 atom stereocenters. The van der Waals surface area contributed by atoms with E-state index in [4.69, 9.17) is 0 Å². The van der Waals surface area contributed by atoms with E-state index < -0.39 is 0 Å². The van der Waals surface area contributed by atoms with Crippen LogP contribution in [0.4, 0.5) is 11.4 Å². The number of nitro groups is 1. The fourth-order valence-corrected chi connectivity index (χ4v) is 4.10. The van der Waals surface area contributed by atoms with Crippen LogP contribution >= 0.6 is 11.8 Å². The van der Waals surface area contributed by atoms with Gasteiger partial charge in [-0.2, -0.15) is 0 Å². The Kier molecular flexibility index (Phi) is 4.94. The first-order valence-electron chi connectivity index (χ1n) is 8.63. The maximum absolute atomic E-state index is 11.4. The number of para-hydroxylation sites is 1. The van der Waals surface area contributed by atoms with Crippen LogP contribution in [0.15, 0.2) is 76.9 Å². The van der Waals surface area contributed by atoms with Crippen LogP contribution in [0, 0.1) is 10.1 Å². The minimum absolute atomic E-state index is 0.103. The first-order chi connectivity index (χ1) is 13.7. The van der Waals surface area contributed by atoms with Crippen molar-refractivity contribution in [3.05, 3.63) is 83.1 Å². The summed E-state index contributed by atoms with van der Waals surface area (Å²) in [5.74, 6) is 0.705. The molecule has 0 bridgehead atoms. The summed E-state index contributed by atoms with van der Waals surface area (Å²) in [6.45, 7) is 0.516. The summed E-state index contributed by atoms with van der Waals surface area (Å²) in [4.78, 5) is 21.2. The van der Waals surface area contributed by atoms with E-state index in [1.165, 1.54) is 17.8 Å². The van der Waals surface area contributed by atoms with Crippen LogP contribution in [0.3, 0.4) is 0 Å². The van der Waals surface area contributed by atoms with Gasteiger partial charge < -0.3 is 9.88 Å². The number of nitrogens with one attached hydrogen (secondary N) is 1. The van der Waals surface area contributed by atoms with Gasteiger partial charge in [-0.25, -0.2) is 9.97 Å². The summed E-state index contributed by atoms with van der Waals surface area (Å²) in [5.41, 5.74) is 2.11. The van der Waals surface area contributed by atoms with Gasteiger partial charge >= 0.3 is 0 Å². The molecule has 0 amide bonds. The van der Waals surface area contributed by atoms with Crippen LogP contribution in [-0.4, -0.2) is 26.5 Å². The highest BCUT2D eigenvalue weighted by Gasteiger charge is 2.17. The van der Waals surface area contributed by atoms with Crippen molar-refractivity contribution in [3.63, 3.8) is 0 Å². The molecule has 4 rings (SSSR count). The maximum Gasteiger partial charge on any atom is 0.283 e. The SMILES string of the molecule is CNc1ccc2c(Sc3ccccc3[N+](=O)[O-])cn(Cc3ncccn3)c2c1. The zero-order chi connectivity index (χ0) is 19.5. The number of nitrogens with zero attached hydrogens (tertiary/aromatic N) is 4. The summed E-state index contributed by atoms with van der Waals surface area (Å²) in [6.07, 6.45) is 5.44. The summed E-state index contributed by atoms with van der Waals surface area (Å²) in [6, 6.07) is 14.7. The predicted molar refractivity (Wildman–Crippen MR) is 110 cm³/mol. The van der Waals surface area contributed by atoms with Crippen LogP contribution in [-0.2, 0) is 6.54 Å². The minimum Gasteiger partial charge on any atom is -0.388 e. The monoisotopic (exact) mass is 391 g/mol. The lowest BCUT2D eigenvalue weighted by molar-refractivity contribution is -0.387. The van der Waals surface area contributed by atoms with Crippen molar-refractivity contribution in [1.29, 1.82) is 0 Å². The molecule has 0 spiro atoms. The largest absolute Gasteiger partial charge is 0.388 e. The Morgan fingerprint density at radius 2 is 1.89 bits per heavy atom. The molecule has 4 aromatic rings. The number of anilines is 1. The van der Waals surface area contributed by atoms with Crippen molar-refractivity contribution in [3.8, 4) is 0 Å². The molecule has 7 nitrogen and oxygen atoms in total. The van der Waals surface area contributed by atoms with E-state index in [9.17, 15) is 10.1 Å². The highest BCUT2D eigenvalue weighted by atomic mass is 32.2. The lowest BCUT2D eigenvalue weighted by Gasteiger charge is -2.05. The minimum atomic E-state index is -0.349. The third kappa shape index (κ3) is 3.54. The highest BCUT2D eigenvalue weighted by molar-refractivity contribution is 7.99. The molecule has 0 unspecified atom stereocenters. The molecule has 0 fully saturated rings. The average molecular weight is 391 g/mol. The van der Waals surface area contributed by atoms with Crippen LogP contribution in [0.2, 0.25) is 0 Å². The number of fused-ring (bicyclic) bond motifs is 1. The number of benzene rings is 2. The first kappa shape index (κ1) is 18.0. The molecule has 2 aromatic heterocycles. The van der Waals surface area contributed by atoms with Gasteiger partial charge in [0.05, 0.1) is 21.9 Å². The van der Waals surface area contributed by atoms with Crippen molar-refractivity contribution in [2.24, 2.45) is 0 Å². The van der Waals surface area contributed by atoms with Crippen molar-refractivity contribution in [2.45, 2.75) is 16.3 Å². The molecule has 8 heteroatoms. The molecule has 140 valence electrons. The van der Waals surface area contributed by atoms with E-state index in [2.05, 4.69) is 25.9 Å². The third-order valence-corrected chi connectivity index (χ3v) is 5.46. The van der Waals surface area contributed by atoms with E-state index >= 15 is 0 Å². The molecule has 0 radical (unpaired) electrons. The molecule has 0 saturated heterocycles. The second kappa shape index (κ2) is 7.69. The Morgan fingerprint density at radius 3 is 2.64 bits per heavy atom. The van der Waals surface area contributed by atoms with Gasteiger partial charge in [-0.1, -0.05) is 23.9 Å². The third-order valence-electron chi connectivity index (χ3n) is 4.35. The van der Waals surface area contributed by atoms with E-state index in [0.717, 1.165) is 21.5 Å². The standard InChI is InChI=1S/C20H17N5O2S/c1-21-14-7-8-15-17(11-14)24(13-20-22-9-4-10-23-20)12-19(15)28-18-6-3-2-5-16(18)25(26)27/h2-12,21H,13H2,1H3. The van der Waals surface area contributed by atoms with Gasteiger partial charge in [0, 0.05) is 47.7 Å². The smallest absolute Gasteiger partial charge is 0.283 e. The molecule has 0 aliphatic rings. The Hall–Kier alpha value is -3.39. The Morgan fingerprint density at radius 1 is 1.11 bits per heavy atom. The zero-order valence-corrected chi connectivity index (χ0v) is 15.9. The molecular weight excluding hydrogens is 374 g/mol.